The van der Waals surface area contributed by atoms with Crippen molar-refractivity contribution < 1.29 is 8.78 Å². The first-order valence-electron chi connectivity index (χ1n) is 3.72. The zero-order chi connectivity index (χ0) is 9.84. The van der Waals surface area contributed by atoms with Gasteiger partial charge >= 0.3 is 0 Å². The second-order valence-corrected chi connectivity index (χ2v) is 3.47. The van der Waals surface area contributed by atoms with E-state index in [1.807, 2.05) is 0 Å². The van der Waals surface area contributed by atoms with Crippen LogP contribution in [-0.4, -0.2) is 0 Å². The van der Waals surface area contributed by atoms with Crippen molar-refractivity contribution in [3.05, 3.63) is 33.8 Å². The van der Waals surface area contributed by atoms with Crippen LogP contribution in [0.2, 0.25) is 0 Å². The maximum atomic E-state index is 13.1. The second-order valence-electron chi connectivity index (χ2n) is 2.55. The highest BCUT2D eigenvalue weighted by atomic mass is 79.9. The van der Waals surface area contributed by atoms with Gasteiger partial charge in [0.1, 0.15) is 11.6 Å². The van der Waals surface area contributed by atoms with Gasteiger partial charge < -0.3 is 0 Å². The number of halogens is 3. The molecule has 0 spiro atoms. The van der Waals surface area contributed by atoms with Crippen LogP contribution >= 0.6 is 15.9 Å². The molecule has 1 rings (SSSR count). The Hall–Kier alpha value is -0.880. The minimum Gasteiger partial charge on any atom is -0.207 e. The van der Waals surface area contributed by atoms with Crippen LogP contribution in [0.4, 0.5) is 8.78 Å². The fourth-order valence-corrected chi connectivity index (χ4v) is 1.41. The average Bonchev–Trinajstić information content (AvgIpc) is 2.02. The van der Waals surface area contributed by atoms with Gasteiger partial charge in [-0.25, -0.2) is 8.78 Å². The number of rotatable bonds is 2. The molecule has 0 aliphatic carbocycles. The molecule has 0 fully saturated rings. The minimum atomic E-state index is -0.554. The van der Waals surface area contributed by atoms with Crippen molar-refractivity contribution in [3.8, 4) is 12.3 Å². The Morgan fingerprint density at radius 3 is 2.31 bits per heavy atom. The van der Waals surface area contributed by atoms with Gasteiger partial charge in [0.05, 0.1) is 0 Å². The van der Waals surface area contributed by atoms with Crippen molar-refractivity contribution >= 4 is 15.9 Å². The van der Waals surface area contributed by atoms with Crippen molar-refractivity contribution in [1.29, 1.82) is 0 Å². The van der Waals surface area contributed by atoms with Crippen molar-refractivity contribution in [2.45, 2.75) is 12.8 Å². The van der Waals surface area contributed by atoms with E-state index in [4.69, 9.17) is 6.42 Å². The summed E-state index contributed by atoms with van der Waals surface area (Å²) in [6.45, 7) is 0. The van der Waals surface area contributed by atoms with Crippen LogP contribution in [-0.2, 0) is 6.42 Å². The highest BCUT2D eigenvalue weighted by Crippen LogP contribution is 2.20. The molecule has 0 aliphatic heterocycles. The fraction of sp³-hybridized carbons (Fsp3) is 0.200. The molecule has 3 heteroatoms. The lowest BCUT2D eigenvalue weighted by Gasteiger charge is -2.02. The van der Waals surface area contributed by atoms with Crippen LogP contribution in [0.1, 0.15) is 12.0 Å². The summed E-state index contributed by atoms with van der Waals surface area (Å²) in [7, 11) is 0. The first-order chi connectivity index (χ1) is 6.15. The molecule has 68 valence electrons. The Morgan fingerprint density at radius 1 is 1.31 bits per heavy atom. The highest BCUT2D eigenvalue weighted by Gasteiger charge is 2.09. The van der Waals surface area contributed by atoms with Gasteiger partial charge in [0.25, 0.3) is 0 Å². The maximum absolute atomic E-state index is 13.1. The van der Waals surface area contributed by atoms with Gasteiger partial charge in [0, 0.05) is 16.5 Å². The average molecular weight is 245 g/mol. The van der Waals surface area contributed by atoms with E-state index < -0.39 is 11.6 Å². The predicted octanol–water partition coefficient (Wildman–Crippen LogP) is 3.29. The van der Waals surface area contributed by atoms with Crippen molar-refractivity contribution in [1.82, 2.24) is 0 Å². The molecule has 0 saturated heterocycles. The summed E-state index contributed by atoms with van der Waals surface area (Å²) >= 11 is 2.99. The highest BCUT2D eigenvalue weighted by molar-refractivity contribution is 9.10. The standard InChI is InChI=1S/C10H7BrF2/c1-2-3-4-8-9(12)5-7(11)6-10(8)13/h1,5-6H,3-4H2. The molecule has 0 bridgehead atoms. The monoisotopic (exact) mass is 244 g/mol. The van der Waals surface area contributed by atoms with Gasteiger partial charge in [-0.3, -0.25) is 0 Å². The largest absolute Gasteiger partial charge is 0.207 e. The fourth-order valence-electron chi connectivity index (χ4n) is 1.01. The van der Waals surface area contributed by atoms with Crippen LogP contribution in [0.3, 0.4) is 0 Å². The SMILES string of the molecule is C#CCCc1c(F)cc(Br)cc1F. The molecule has 0 nitrogen and oxygen atoms in total. The van der Waals surface area contributed by atoms with E-state index in [-0.39, 0.29) is 12.0 Å². The number of benzene rings is 1. The number of terminal acetylenes is 1. The van der Waals surface area contributed by atoms with E-state index in [1.165, 1.54) is 12.1 Å². The Labute approximate surface area is 84.1 Å². The first kappa shape index (κ1) is 10.2. The number of hydrogen-bond donors (Lipinski definition) is 0. The third-order valence-corrected chi connectivity index (χ3v) is 2.08. The van der Waals surface area contributed by atoms with E-state index in [2.05, 4.69) is 21.9 Å². The zero-order valence-corrected chi connectivity index (χ0v) is 8.37. The third-order valence-electron chi connectivity index (χ3n) is 1.63. The molecular weight excluding hydrogens is 238 g/mol. The molecule has 0 amide bonds. The lowest BCUT2D eigenvalue weighted by molar-refractivity contribution is 0.554. The van der Waals surface area contributed by atoms with Crippen LogP contribution in [0, 0.1) is 24.0 Å². The van der Waals surface area contributed by atoms with Crippen molar-refractivity contribution in [2.24, 2.45) is 0 Å². The van der Waals surface area contributed by atoms with E-state index in [9.17, 15) is 8.78 Å². The van der Waals surface area contributed by atoms with Gasteiger partial charge in [-0.15, -0.1) is 12.3 Å². The summed E-state index contributed by atoms with van der Waals surface area (Å²) in [6, 6.07) is 2.46. The summed E-state index contributed by atoms with van der Waals surface area (Å²) in [5.74, 6) is 1.23. The second kappa shape index (κ2) is 4.38. The first-order valence-corrected chi connectivity index (χ1v) is 4.51. The molecule has 0 aromatic heterocycles. The third kappa shape index (κ3) is 2.53. The lowest BCUT2D eigenvalue weighted by Crippen LogP contribution is -1.95. The van der Waals surface area contributed by atoms with Gasteiger partial charge in [0.2, 0.25) is 0 Å². The smallest absolute Gasteiger partial charge is 0.130 e. The van der Waals surface area contributed by atoms with Crippen LogP contribution in [0.25, 0.3) is 0 Å². The lowest BCUT2D eigenvalue weighted by atomic mass is 10.1. The summed E-state index contributed by atoms with van der Waals surface area (Å²) in [5.41, 5.74) is 0.0566. The Morgan fingerprint density at radius 2 is 1.85 bits per heavy atom. The minimum absolute atomic E-state index is 0.0566. The molecule has 1 aromatic carbocycles. The number of hydrogen-bond acceptors (Lipinski definition) is 0. The van der Waals surface area contributed by atoms with E-state index in [0.717, 1.165) is 0 Å². The van der Waals surface area contributed by atoms with E-state index in [0.29, 0.717) is 10.9 Å². The van der Waals surface area contributed by atoms with E-state index >= 15 is 0 Å². The molecule has 0 atom stereocenters. The van der Waals surface area contributed by atoms with Crippen LogP contribution in [0.15, 0.2) is 16.6 Å². The molecule has 0 heterocycles. The normalized spacial score (nSPS) is 9.69. The van der Waals surface area contributed by atoms with Gasteiger partial charge in [0.15, 0.2) is 0 Å². The van der Waals surface area contributed by atoms with Crippen LogP contribution in [0.5, 0.6) is 0 Å². The van der Waals surface area contributed by atoms with E-state index in [1.54, 1.807) is 0 Å². The molecular formula is C10H7BrF2. The molecule has 0 saturated carbocycles. The van der Waals surface area contributed by atoms with Crippen LogP contribution < -0.4 is 0 Å². The van der Waals surface area contributed by atoms with Crippen molar-refractivity contribution in [3.63, 3.8) is 0 Å². The molecule has 0 unspecified atom stereocenters. The van der Waals surface area contributed by atoms with Crippen molar-refractivity contribution in [2.75, 3.05) is 0 Å². The summed E-state index contributed by atoms with van der Waals surface area (Å²) < 4.78 is 26.6. The van der Waals surface area contributed by atoms with Gasteiger partial charge in [-0.2, -0.15) is 0 Å². The van der Waals surface area contributed by atoms with Gasteiger partial charge in [-0.05, 0) is 18.6 Å². The Bertz CT molecular complexity index is 329. The topological polar surface area (TPSA) is 0 Å². The molecule has 0 radical (unpaired) electrons. The molecule has 0 N–H and O–H groups in total. The summed E-state index contributed by atoms with van der Waals surface area (Å²) in [5, 5.41) is 0. The Kier molecular flexibility index (Phi) is 3.44. The zero-order valence-electron chi connectivity index (χ0n) is 6.78. The molecule has 1 aromatic rings. The Balaban J connectivity index is 3.00. The summed E-state index contributed by atoms with van der Waals surface area (Å²) in [6.07, 6.45) is 5.58. The molecule has 0 aliphatic rings. The molecule has 13 heavy (non-hydrogen) atoms. The maximum Gasteiger partial charge on any atom is 0.130 e. The predicted molar refractivity (Wildman–Crippen MR) is 51.2 cm³/mol. The quantitative estimate of drug-likeness (QED) is 0.701. The van der Waals surface area contributed by atoms with Gasteiger partial charge in [-0.1, -0.05) is 15.9 Å². The summed E-state index contributed by atoms with van der Waals surface area (Å²) in [4.78, 5) is 0.